The minimum Gasteiger partial charge on any atom is -0.305 e. The average Bonchev–Trinajstić information content (AvgIpc) is 3.32. The number of halogens is 1. The Kier molecular flexibility index (Phi) is 4.47. The predicted molar refractivity (Wildman–Crippen MR) is 98.2 cm³/mol. The lowest BCUT2D eigenvalue weighted by molar-refractivity contribution is 0.260. The van der Waals surface area contributed by atoms with Crippen molar-refractivity contribution in [1.29, 1.82) is 0 Å². The molecule has 0 radical (unpaired) electrons. The molecule has 10 heteroatoms. The highest BCUT2D eigenvalue weighted by molar-refractivity contribution is 7.91. The molecular weight excluding hydrogens is 371 g/mol. The van der Waals surface area contributed by atoms with Gasteiger partial charge in [0.25, 0.3) is 0 Å². The number of nitrogens with two attached hydrogens (primary N) is 1. The van der Waals surface area contributed by atoms with E-state index in [4.69, 9.17) is 10.1 Å². The summed E-state index contributed by atoms with van der Waals surface area (Å²) in [4.78, 5) is 17.2. The van der Waals surface area contributed by atoms with E-state index >= 15 is 0 Å². The summed E-state index contributed by atoms with van der Waals surface area (Å²) >= 11 is 0. The molecule has 1 atom stereocenters. The van der Waals surface area contributed by atoms with Crippen LogP contribution in [0.25, 0.3) is 0 Å². The first-order chi connectivity index (χ1) is 12.9. The molecule has 27 heavy (non-hydrogen) atoms. The van der Waals surface area contributed by atoms with E-state index in [9.17, 15) is 13.4 Å². The van der Waals surface area contributed by atoms with Gasteiger partial charge in [-0.05, 0) is 56.6 Å². The van der Waals surface area contributed by atoms with Crippen LogP contribution in [0.5, 0.6) is 0 Å². The van der Waals surface area contributed by atoms with Gasteiger partial charge in [-0.25, -0.2) is 18.5 Å². The zero-order chi connectivity index (χ0) is 19.2. The number of fused-ring (bicyclic) bond motifs is 2. The molecule has 2 aliphatic carbocycles. The SMILES string of the molecule is CCn1cc(F)c(S(N)(=O)=NC(=O)Nc2c3c(nc4c2CCC4)CCC3)n1. The number of rotatable bonds is 3. The number of urea groups is 1. The van der Waals surface area contributed by atoms with Gasteiger partial charge in [-0.2, -0.15) is 5.10 Å². The molecule has 144 valence electrons. The summed E-state index contributed by atoms with van der Waals surface area (Å²) in [6.45, 7) is 2.14. The van der Waals surface area contributed by atoms with Crippen LogP contribution in [0.4, 0.5) is 14.9 Å². The predicted octanol–water partition coefficient (Wildman–Crippen LogP) is 2.35. The molecule has 0 saturated carbocycles. The van der Waals surface area contributed by atoms with Crippen LogP contribution in [0.1, 0.15) is 42.3 Å². The van der Waals surface area contributed by atoms with Gasteiger partial charge in [0.05, 0.1) is 11.9 Å². The van der Waals surface area contributed by atoms with Crippen molar-refractivity contribution in [2.45, 2.75) is 57.0 Å². The third-order valence-electron chi connectivity index (χ3n) is 4.99. The molecule has 4 rings (SSSR count). The first kappa shape index (κ1) is 18.1. The van der Waals surface area contributed by atoms with Crippen LogP contribution in [0.3, 0.4) is 0 Å². The fourth-order valence-corrected chi connectivity index (χ4v) is 4.70. The zero-order valence-electron chi connectivity index (χ0n) is 15.0. The summed E-state index contributed by atoms with van der Waals surface area (Å²) < 4.78 is 31.4. The minimum absolute atomic E-state index is 0.383. The number of nitrogens with one attached hydrogen (secondary N) is 1. The lowest BCUT2D eigenvalue weighted by Gasteiger charge is -2.14. The quantitative estimate of drug-likeness (QED) is 0.834. The molecule has 2 aliphatic rings. The van der Waals surface area contributed by atoms with E-state index in [0.29, 0.717) is 12.2 Å². The summed E-state index contributed by atoms with van der Waals surface area (Å²) in [6.07, 6.45) is 6.48. The molecular formula is C17H21FN6O2S. The molecule has 2 heterocycles. The van der Waals surface area contributed by atoms with Crippen LogP contribution in [0.15, 0.2) is 15.6 Å². The third-order valence-corrected chi connectivity index (χ3v) is 6.26. The molecule has 0 fully saturated rings. The lowest BCUT2D eigenvalue weighted by atomic mass is 10.1. The van der Waals surface area contributed by atoms with Gasteiger partial charge in [-0.15, -0.1) is 4.36 Å². The van der Waals surface area contributed by atoms with Crippen molar-refractivity contribution in [3.63, 3.8) is 0 Å². The Morgan fingerprint density at radius 2 is 1.93 bits per heavy atom. The van der Waals surface area contributed by atoms with E-state index in [-0.39, 0.29) is 0 Å². The van der Waals surface area contributed by atoms with Crippen molar-refractivity contribution < 1.29 is 13.4 Å². The van der Waals surface area contributed by atoms with Crippen LogP contribution in [0.2, 0.25) is 0 Å². The monoisotopic (exact) mass is 392 g/mol. The zero-order valence-corrected chi connectivity index (χ0v) is 15.8. The molecule has 0 spiro atoms. The second kappa shape index (κ2) is 6.68. The summed E-state index contributed by atoms with van der Waals surface area (Å²) in [5, 5.41) is 11.7. The van der Waals surface area contributed by atoms with Gasteiger partial charge < -0.3 is 5.32 Å². The average molecular weight is 392 g/mol. The van der Waals surface area contributed by atoms with Crippen LogP contribution >= 0.6 is 0 Å². The van der Waals surface area contributed by atoms with Gasteiger partial charge in [0.15, 0.2) is 15.7 Å². The third kappa shape index (κ3) is 3.23. The number of hydrogen-bond donors (Lipinski definition) is 2. The topological polar surface area (TPSA) is 115 Å². The van der Waals surface area contributed by atoms with Crippen molar-refractivity contribution in [3.8, 4) is 0 Å². The highest BCUT2D eigenvalue weighted by Gasteiger charge is 2.27. The van der Waals surface area contributed by atoms with Crippen molar-refractivity contribution in [2.24, 2.45) is 9.50 Å². The molecule has 0 aromatic carbocycles. The Hall–Kier alpha value is -2.33. The van der Waals surface area contributed by atoms with Crippen molar-refractivity contribution >= 4 is 21.6 Å². The summed E-state index contributed by atoms with van der Waals surface area (Å²) in [7, 11) is -3.79. The maximum absolute atomic E-state index is 14.0. The normalized spacial score (nSPS) is 17.3. The van der Waals surface area contributed by atoms with E-state index in [1.165, 1.54) is 4.68 Å². The van der Waals surface area contributed by atoms with Crippen LogP contribution in [0, 0.1) is 5.82 Å². The fraction of sp³-hybridized carbons (Fsp3) is 0.471. The van der Waals surface area contributed by atoms with Crippen LogP contribution in [-0.2, 0) is 42.1 Å². The smallest absolute Gasteiger partial charge is 0.305 e. The first-order valence-electron chi connectivity index (χ1n) is 9.01. The van der Waals surface area contributed by atoms with Crippen molar-refractivity contribution in [1.82, 2.24) is 14.8 Å². The Morgan fingerprint density at radius 3 is 2.48 bits per heavy atom. The molecule has 2 aromatic heterocycles. The molecule has 0 aliphatic heterocycles. The van der Waals surface area contributed by atoms with E-state index < -0.39 is 26.8 Å². The van der Waals surface area contributed by atoms with Gasteiger partial charge in [0.1, 0.15) is 0 Å². The van der Waals surface area contributed by atoms with E-state index in [1.807, 2.05) is 0 Å². The molecule has 2 aromatic rings. The first-order valence-corrected chi connectivity index (χ1v) is 10.6. The molecule has 3 N–H and O–H groups in total. The number of carbonyl (C=O) groups is 1. The van der Waals surface area contributed by atoms with Gasteiger partial charge in [-0.1, -0.05) is 0 Å². The molecule has 1 unspecified atom stereocenters. The van der Waals surface area contributed by atoms with E-state index in [2.05, 4.69) is 14.8 Å². The van der Waals surface area contributed by atoms with Gasteiger partial charge in [0.2, 0.25) is 5.03 Å². The summed E-state index contributed by atoms with van der Waals surface area (Å²) in [5.74, 6) is -0.841. The standard InChI is InChI=1S/C17H21FN6O2S/c1-2-24-9-12(18)16(22-24)27(19,26)23-17(25)21-15-10-5-3-7-13(10)20-14-8-4-6-11(14)15/h9H,2-8H2,1H3,(H3,19,20,21,23,25,26). The Labute approximate surface area is 156 Å². The van der Waals surface area contributed by atoms with Gasteiger partial charge >= 0.3 is 6.03 Å². The van der Waals surface area contributed by atoms with Gasteiger partial charge in [-0.3, -0.25) is 9.67 Å². The highest BCUT2D eigenvalue weighted by Crippen LogP contribution is 2.36. The largest absolute Gasteiger partial charge is 0.354 e. The highest BCUT2D eigenvalue weighted by atomic mass is 32.2. The molecule has 2 amide bonds. The van der Waals surface area contributed by atoms with Gasteiger partial charge in [0, 0.05) is 17.9 Å². The minimum atomic E-state index is -3.79. The fourth-order valence-electron chi connectivity index (χ4n) is 3.77. The molecule has 0 bridgehead atoms. The maximum atomic E-state index is 14.0. The number of amides is 2. The molecule has 0 saturated heterocycles. The van der Waals surface area contributed by atoms with Crippen molar-refractivity contribution in [2.75, 3.05) is 5.32 Å². The summed E-state index contributed by atoms with van der Waals surface area (Å²) in [5.41, 5.74) is 4.76. The second-order valence-corrected chi connectivity index (χ2v) is 8.48. The number of hydrogen-bond acceptors (Lipinski definition) is 4. The molecule has 8 nitrogen and oxygen atoms in total. The number of aryl methyl sites for hydroxylation is 3. The van der Waals surface area contributed by atoms with E-state index in [0.717, 1.165) is 67.2 Å². The Bertz CT molecular complexity index is 1020. The number of carbonyl (C=O) groups excluding carboxylic acids is 1. The van der Waals surface area contributed by atoms with E-state index in [1.54, 1.807) is 6.92 Å². The van der Waals surface area contributed by atoms with Crippen LogP contribution < -0.4 is 10.5 Å². The number of nitrogens with zero attached hydrogens (tertiary/aromatic N) is 4. The van der Waals surface area contributed by atoms with Crippen LogP contribution in [-0.4, -0.2) is 25.0 Å². The number of anilines is 1. The summed E-state index contributed by atoms with van der Waals surface area (Å²) in [6, 6.07) is -0.859. The Morgan fingerprint density at radius 1 is 1.30 bits per heavy atom. The maximum Gasteiger partial charge on any atom is 0.354 e. The number of aromatic nitrogens is 3. The van der Waals surface area contributed by atoms with Crippen molar-refractivity contribution in [3.05, 3.63) is 34.5 Å². The second-order valence-electron chi connectivity index (χ2n) is 6.77. The number of pyridine rings is 1. The Balaban J connectivity index is 1.68. The lowest BCUT2D eigenvalue weighted by Crippen LogP contribution is -2.20.